The number of nitrogens with two attached hydrogens (primary N) is 1. The van der Waals surface area contributed by atoms with Gasteiger partial charge in [-0.05, 0) is 43.8 Å². The normalized spacial score (nSPS) is 10.8. The largest absolute Gasteiger partial charge is 0.385 e. The van der Waals surface area contributed by atoms with Crippen molar-refractivity contribution in [3.05, 3.63) is 29.8 Å². The molecule has 0 heterocycles. The number of nitrogens with one attached hydrogen (secondary N) is 1. The molecule has 96 valence electrons. The highest BCUT2D eigenvalue weighted by Crippen LogP contribution is 2.11. The molecule has 0 aliphatic rings. The molecule has 0 saturated heterocycles. The highest BCUT2D eigenvalue weighted by atomic mass is 15.1. The van der Waals surface area contributed by atoms with Crippen LogP contribution in [0.4, 0.5) is 5.69 Å². The Morgan fingerprint density at radius 2 is 1.76 bits per heavy atom. The summed E-state index contributed by atoms with van der Waals surface area (Å²) in [4.78, 5) is 2.41. The van der Waals surface area contributed by atoms with Crippen LogP contribution in [-0.4, -0.2) is 31.1 Å². The number of hydrogen-bond donors (Lipinski definition) is 2. The molecule has 0 saturated carbocycles. The lowest BCUT2D eigenvalue weighted by Gasteiger charge is -2.18. The predicted molar refractivity (Wildman–Crippen MR) is 75.2 cm³/mol. The second-order valence-electron chi connectivity index (χ2n) is 4.23. The fourth-order valence-corrected chi connectivity index (χ4v) is 1.77. The maximum Gasteiger partial charge on any atom is 0.0340 e. The molecule has 17 heavy (non-hydrogen) atoms. The van der Waals surface area contributed by atoms with Crippen molar-refractivity contribution in [1.82, 2.24) is 4.90 Å². The van der Waals surface area contributed by atoms with Crippen LogP contribution in [0.5, 0.6) is 0 Å². The Morgan fingerprint density at radius 1 is 1.12 bits per heavy atom. The molecule has 0 atom stereocenters. The van der Waals surface area contributed by atoms with Crippen LogP contribution < -0.4 is 11.1 Å². The molecule has 1 aromatic carbocycles. The molecular formula is C14H25N3. The standard InChI is InChI=1S/C14H25N3/c1-3-17(4-2)12-13-6-8-14(9-7-13)16-11-5-10-15/h6-9,16H,3-5,10-12,15H2,1-2H3. The Balaban J connectivity index is 2.44. The first-order chi connectivity index (χ1) is 8.30. The first-order valence-corrected chi connectivity index (χ1v) is 6.55. The monoisotopic (exact) mass is 235 g/mol. The highest BCUT2D eigenvalue weighted by Gasteiger charge is 2.00. The number of hydrogen-bond acceptors (Lipinski definition) is 3. The fraction of sp³-hybridized carbons (Fsp3) is 0.571. The van der Waals surface area contributed by atoms with Crippen molar-refractivity contribution in [1.29, 1.82) is 0 Å². The third kappa shape index (κ3) is 5.20. The summed E-state index contributed by atoms with van der Waals surface area (Å²) >= 11 is 0. The SMILES string of the molecule is CCN(CC)Cc1ccc(NCCCN)cc1. The van der Waals surface area contributed by atoms with Crippen molar-refractivity contribution in [3.63, 3.8) is 0 Å². The third-order valence-corrected chi connectivity index (χ3v) is 2.96. The minimum atomic E-state index is 0.743. The minimum absolute atomic E-state index is 0.743. The molecule has 0 fully saturated rings. The molecule has 1 aromatic rings. The van der Waals surface area contributed by atoms with Crippen LogP contribution in [0.25, 0.3) is 0 Å². The van der Waals surface area contributed by atoms with Gasteiger partial charge in [0.1, 0.15) is 0 Å². The van der Waals surface area contributed by atoms with Gasteiger partial charge >= 0.3 is 0 Å². The highest BCUT2D eigenvalue weighted by molar-refractivity contribution is 5.44. The predicted octanol–water partition coefficient (Wildman–Crippen LogP) is 2.29. The van der Waals surface area contributed by atoms with E-state index in [-0.39, 0.29) is 0 Å². The maximum atomic E-state index is 5.46. The summed E-state index contributed by atoms with van der Waals surface area (Å²) in [5.74, 6) is 0. The number of benzene rings is 1. The second-order valence-corrected chi connectivity index (χ2v) is 4.23. The molecule has 3 N–H and O–H groups in total. The summed E-state index contributed by atoms with van der Waals surface area (Å²) in [6.45, 7) is 9.34. The van der Waals surface area contributed by atoms with Gasteiger partial charge in [0.15, 0.2) is 0 Å². The lowest BCUT2D eigenvalue weighted by atomic mass is 10.2. The summed E-state index contributed by atoms with van der Waals surface area (Å²) in [6.07, 6.45) is 1.02. The van der Waals surface area contributed by atoms with Gasteiger partial charge in [0.05, 0.1) is 0 Å². The fourth-order valence-electron chi connectivity index (χ4n) is 1.77. The summed E-state index contributed by atoms with van der Waals surface area (Å²) in [5, 5.41) is 3.36. The van der Waals surface area contributed by atoms with E-state index in [1.807, 2.05) is 0 Å². The van der Waals surface area contributed by atoms with Crippen LogP contribution in [0.3, 0.4) is 0 Å². The van der Waals surface area contributed by atoms with Gasteiger partial charge in [0.2, 0.25) is 0 Å². The molecule has 0 aliphatic carbocycles. The molecular weight excluding hydrogens is 210 g/mol. The van der Waals surface area contributed by atoms with Crippen molar-refractivity contribution in [2.75, 3.05) is 31.5 Å². The van der Waals surface area contributed by atoms with Crippen molar-refractivity contribution in [2.45, 2.75) is 26.8 Å². The average Bonchev–Trinajstić information content (AvgIpc) is 2.38. The third-order valence-electron chi connectivity index (χ3n) is 2.96. The molecule has 0 amide bonds. The van der Waals surface area contributed by atoms with Crippen LogP contribution in [0.15, 0.2) is 24.3 Å². The van der Waals surface area contributed by atoms with Gasteiger partial charge < -0.3 is 11.1 Å². The molecule has 0 radical (unpaired) electrons. The van der Waals surface area contributed by atoms with Crippen LogP contribution in [0, 0.1) is 0 Å². The van der Waals surface area contributed by atoms with Gasteiger partial charge in [0.25, 0.3) is 0 Å². The van der Waals surface area contributed by atoms with Crippen LogP contribution >= 0.6 is 0 Å². The van der Waals surface area contributed by atoms with E-state index in [9.17, 15) is 0 Å². The Bertz CT molecular complexity index is 291. The molecule has 0 bridgehead atoms. The maximum absolute atomic E-state index is 5.46. The zero-order valence-corrected chi connectivity index (χ0v) is 11.1. The van der Waals surface area contributed by atoms with E-state index in [1.165, 1.54) is 11.3 Å². The van der Waals surface area contributed by atoms with Gasteiger partial charge in [0, 0.05) is 18.8 Å². The summed E-state index contributed by atoms with van der Waals surface area (Å²) in [7, 11) is 0. The lowest BCUT2D eigenvalue weighted by Crippen LogP contribution is -2.22. The molecule has 3 nitrogen and oxygen atoms in total. The van der Waals surface area contributed by atoms with E-state index < -0.39 is 0 Å². The van der Waals surface area contributed by atoms with Crippen molar-refractivity contribution in [2.24, 2.45) is 5.73 Å². The van der Waals surface area contributed by atoms with Crippen LogP contribution in [0.2, 0.25) is 0 Å². The molecule has 3 heteroatoms. The van der Waals surface area contributed by atoms with E-state index in [2.05, 4.69) is 48.3 Å². The van der Waals surface area contributed by atoms with Crippen molar-refractivity contribution < 1.29 is 0 Å². The number of rotatable bonds is 8. The van der Waals surface area contributed by atoms with Gasteiger partial charge in [-0.2, -0.15) is 0 Å². The van der Waals surface area contributed by atoms with Crippen molar-refractivity contribution in [3.8, 4) is 0 Å². The first-order valence-electron chi connectivity index (χ1n) is 6.55. The lowest BCUT2D eigenvalue weighted by molar-refractivity contribution is 0.296. The van der Waals surface area contributed by atoms with Crippen LogP contribution in [0.1, 0.15) is 25.8 Å². The van der Waals surface area contributed by atoms with Gasteiger partial charge in [-0.1, -0.05) is 26.0 Å². The van der Waals surface area contributed by atoms with Gasteiger partial charge in [-0.15, -0.1) is 0 Å². The molecule has 0 aromatic heterocycles. The molecule has 0 aliphatic heterocycles. The van der Waals surface area contributed by atoms with Gasteiger partial charge in [-0.25, -0.2) is 0 Å². The van der Waals surface area contributed by atoms with E-state index in [0.717, 1.165) is 39.1 Å². The molecule has 0 spiro atoms. The van der Waals surface area contributed by atoms with Crippen LogP contribution in [-0.2, 0) is 6.54 Å². The van der Waals surface area contributed by atoms with E-state index in [4.69, 9.17) is 5.73 Å². The zero-order chi connectivity index (χ0) is 12.5. The Kier molecular flexibility index (Phi) is 6.67. The minimum Gasteiger partial charge on any atom is -0.385 e. The van der Waals surface area contributed by atoms with E-state index >= 15 is 0 Å². The average molecular weight is 235 g/mol. The number of anilines is 1. The first kappa shape index (κ1) is 14.0. The quantitative estimate of drug-likeness (QED) is 0.679. The topological polar surface area (TPSA) is 41.3 Å². The summed E-state index contributed by atoms with van der Waals surface area (Å²) in [6, 6.07) is 8.69. The van der Waals surface area contributed by atoms with E-state index in [1.54, 1.807) is 0 Å². The van der Waals surface area contributed by atoms with Gasteiger partial charge in [-0.3, -0.25) is 4.90 Å². The zero-order valence-electron chi connectivity index (χ0n) is 11.1. The molecule has 0 unspecified atom stereocenters. The second kappa shape index (κ2) is 8.09. The molecule has 1 rings (SSSR count). The summed E-state index contributed by atoms with van der Waals surface area (Å²) < 4.78 is 0. The Morgan fingerprint density at radius 3 is 2.29 bits per heavy atom. The summed E-state index contributed by atoms with van der Waals surface area (Å²) in [5.41, 5.74) is 8.01. The Labute approximate surface area is 105 Å². The van der Waals surface area contributed by atoms with Crippen molar-refractivity contribution >= 4 is 5.69 Å². The smallest absolute Gasteiger partial charge is 0.0340 e. The number of nitrogens with zero attached hydrogens (tertiary/aromatic N) is 1. The Hall–Kier alpha value is -1.06. The van der Waals surface area contributed by atoms with E-state index in [0.29, 0.717) is 0 Å².